The van der Waals surface area contributed by atoms with E-state index < -0.39 is 6.04 Å². The zero-order valence-electron chi connectivity index (χ0n) is 11.5. The number of benzene rings is 1. The van der Waals surface area contributed by atoms with E-state index in [-0.39, 0.29) is 11.5 Å². The van der Waals surface area contributed by atoms with Crippen LogP contribution in [-0.4, -0.2) is 10.5 Å². The van der Waals surface area contributed by atoms with Gasteiger partial charge in [0.1, 0.15) is 6.04 Å². The Morgan fingerprint density at radius 1 is 1.29 bits per heavy atom. The molecule has 1 aromatic carbocycles. The number of carbonyl (C=O) groups is 1. The molecule has 0 bridgehead atoms. The average molecular weight is 306 g/mol. The molecule has 1 amide bonds. The lowest BCUT2D eigenvalue weighted by molar-refractivity contribution is -0.119. The van der Waals surface area contributed by atoms with E-state index in [9.17, 15) is 9.59 Å². The number of carbonyl (C=O) groups excluding carboxylic acids is 1. The number of nitrogens with zero attached hydrogens (tertiary/aromatic N) is 1. The molecule has 0 aliphatic heterocycles. The number of nitrogens with one attached hydrogen (secondary N) is 1. The van der Waals surface area contributed by atoms with Crippen molar-refractivity contribution < 1.29 is 4.79 Å². The number of halogens is 1. The summed E-state index contributed by atoms with van der Waals surface area (Å²) in [6.45, 7) is 1.83. The first-order valence-electron chi connectivity index (χ1n) is 6.55. The van der Waals surface area contributed by atoms with Gasteiger partial charge in [-0.05, 0) is 36.8 Å². The quantitative estimate of drug-likeness (QED) is 0.853. The van der Waals surface area contributed by atoms with Crippen LogP contribution >= 0.6 is 11.6 Å². The van der Waals surface area contributed by atoms with Gasteiger partial charge >= 0.3 is 0 Å². The molecule has 2 aromatic rings. The minimum atomic E-state index is -0.617. The molecule has 5 nitrogen and oxygen atoms in total. The van der Waals surface area contributed by atoms with Crippen LogP contribution < -0.4 is 16.6 Å². The lowest BCUT2D eigenvalue weighted by atomic mass is 10.2. The molecule has 0 aliphatic rings. The highest BCUT2D eigenvalue weighted by molar-refractivity contribution is 6.30. The number of nitrogen functional groups attached to an aromatic ring is 1. The number of aromatic nitrogens is 1. The van der Waals surface area contributed by atoms with Crippen LogP contribution in [0, 0.1) is 0 Å². The van der Waals surface area contributed by atoms with Crippen molar-refractivity contribution in [1.82, 2.24) is 4.57 Å². The van der Waals surface area contributed by atoms with Crippen LogP contribution in [0.4, 0.5) is 11.4 Å². The molecule has 0 spiro atoms. The van der Waals surface area contributed by atoms with E-state index in [1.807, 2.05) is 6.92 Å². The Morgan fingerprint density at radius 3 is 2.57 bits per heavy atom. The van der Waals surface area contributed by atoms with Crippen molar-refractivity contribution in [2.75, 3.05) is 11.1 Å². The molecule has 21 heavy (non-hydrogen) atoms. The van der Waals surface area contributed by atoms with Gasteiger partial charge in [-0.1, -0.05) is 18.5 Å². The van der Waals surface area contributed by atoms with Gasteiger partial charge in [-0.15, -0.1) is 0 Å². The van der Waals surface area contributed by atoms with Gasteiger partial charge in [0.2, 0.25) is 5.91 Å². The molecular weight excluding hydrogens is 290 g/mol. The van der Waals surface area contributed by atoms with Gasteiger partial charge in [0, 0.05) is 23.6 Å². The van der Waals surface area contributed by atoms with Crippen LogP contribution in [-0.2, 0) is 4.79 Å². The molecule has 0 radical (unpaired) electrons. The molecule has 0 saturated carbocycles. The Bertz CT molecular complexity index is 695. The maximum absolute atomic E-state index is 12.3. The third-order valence-corrected chi connectivity index (χ3v) is 3.33. The number of hydrogen-bond acceptors (Lipinski definition) is 3. The van der Waals surface area contributed by atoms with Crippen LogP contribution in [0.5, 0.6) is 0 Å². The van der Waals surface area contributed by atoms with Crippen LogP contribution in [0.25, 0.3) is 0 Å². The Hall–Kier alpha value is -2.27. The zero-order valence-corrected chi connectivity index (χ0v) is 12.3. The Morgan fingerprint density at radius 2 is 1.95 bits per heavy atom. The molecular formula is C15H16ClN3O2. The van der Waals surface area contributed by atoms with Gasteiger partial charge in [0.25, 0.3) is 5.56 Å². The molecule has 0 saturated heterocycles. The van der Waals surface area contributed by atoms with Crippen LogP contribution in [0.2, 0.25) is 5.02 Å². The van der Waals surface area contributed by atoms with Gasteiger partial charge in [-0.3, -0.25) is 9.59 Å². The number of hydrogen-bond donors (Lipinski definition) is 2. The number of pyridine rings is 1. The van der Waals surface area contributed by atoms with Gasteiger partial charge in [-0.2, -0.15) is 0 Å². The van der Waals surface area contributed by atoms with Crippen molar-refractivity contribution in [3.63, 3.8) is 0 Å². The molecule has 1 unspecified atom stereocenters. The number of anilines is 2. The molecule has 0 fully saturated rings. The molecule has 0 aliphatic carbocycles. The summed E-state index contributed by atoms with van der Waals surface area (Å²) < 4.78 is 1.34. The number of nitrogens with two attached hydrogens (primary N) is 1. The van der Waals surface area contributed by atoms with Crippen LogP contribution in [0.1, 0.15) is 19.4 Å². The first kappa shape index (κ1) is 15.1. The second-order valence-corrected chi connectivity index (χ2v) is 5.06. The fraction of sp³-hybridized carbons (Fsp3) is 0.200. The minimum Gasteiger partial charge on any atom is -0.399 e. The van der Waals surface area contributed by atoms with Gasteiger partial charge in [0.05, 0.1) is 5.02 Å². The second-order valence-electron chi connectivity index (χ2n) is 4.63. The van der Waals surface area contributed by atoms with Gasteiger partial charge in [-0.25, -0.2) is 0 Å². The van der Waals surface area contributed by atoms with Crippen molar-refractivity contribution in [2.24, 2.45) is 0 Å². The van der Waals surface area contributed by atoms with Crippen molar-refractivity contribution in [2.45, 2.75) is 19.4 Å². The first-order valence-corrected chi connectivity index (χ1v) is 6.93. The molecule has 1 atom stereocenters. The molecule has 110 valence electrons. The smallest absolute Gasteiger partial charge is 0.251 e. The summed E-state index contributed by atoms with van der Waals surface area (Å²) in [6, 6.07) is 9.05. The maximum Gasteiger partial charge on any atom is 0.251 e. The van der Waals surface area contributed by atoms with Crippen LogP contribution in [0.15, 0.2) is 47.4 Å². The lowest BCUT2D eigenvalue weighted by Crippen LogP contribution is -2.32. The monoisotopic (exact) mass is 305 g/mol. The van der Waals surface area contributed by atoms with E-state index >= 15 is 0 Å². The SMILES string of the molecule is CCC(C(=O)Nc1ccc(N)cc1)n1cc(Cl)ccc1=O. The molecule has 6 heteroatoms. The molecule has 2 rings (SSSR count). The fourth-order valence-electron chi connectivity index (χ4n) is 2.02. The van der Waals surface area contributed by atoms with E-state index in [2.05, 4.69) is 5.32 Å². The minimum absolute atomic E-state index is 0.265. The maximum atomic E-state index is 12.3. The second kappa shape index (κ2) is 6.45. The topological polar surface area (TPSA) is 77.1 Å². The van der Waals surface area contributed by atoms with Crippen LogP contribution in [0.3, 0.4) is 0 Å². The summed E-state index contributed by atoms with van der Waals surface area (Å²) in [6.07, 6.45) is 1.95. The predicted molar refractivity (Wildman–Crippen MR) is 84.5 cm³/mol. The third-order valence-electron chi connectivity index (χ3n) is 3.11. The average Bonchev–Trinajstić information content (AvgIpc) is 2.46. The summed E-state index contributed by atoms with van der Waals surface area (Å²) in [4.78, 5) is 24.2. The highest BCUT2D eigenvalue weighted by Crippen LogP contribution is 2.17. The van der Waals surface area contributed by atoms with E-state index in [1.165, 1.54) is 22.9 Å². The molecule has 1 aromatic heterocycles. The fourth-order valence-corrected chi connectivity index (χ4v) is 2.19. The summed E-state index contributed by atoms with van der Waals surface area (Å²) >= 11 is 5.89. The highest BCUT2D eigenvalue weighted by atomic mass is 35.5. The number of amides is 1. The van der Waals surface area contributed by atoms with Crippen molar-refractivity contribution >= 4 is 28.9 Å². The van der Waals surface area contributed by atoms with E-state index in [1.54, 1.807) is 24.3 Å². The van der Waals surface area contributed by atoms with Gasteiger partial charge in [0.15, 0.2) is 0 Å². The summed E-state index contributed by atoms with van der Waals surface area (Å²) in [7, 11) is 0. The Labute approximate surface area is 127 Å². The Kier molecular flexibility index (Phi) is 4.65. The van der Waals surface area contributed by atoms with Crippen molar-refractivity contribution in [3.8, 4) is 0 Å². The number of rotatable bonds is 4. The van der Waals surface area contributed by atoms with E-state index in [4.69, 9.17) is 17.3 Å². The van der Waals surface area contributed by atoms with Crippen molar-refractivity contribution in [3.05, 3.63) is 58.0 Å². The lowest BCUT2D eigenvalue weighted by Gasteiger charge is -2.18. The molecule has 3 N–H and O–H groups in total. The Balaban J connectivity index is 2.24. The van der Waals surface area contributed by atoms with Crippen molar-refractivity contribution in [1.29, 1.82) is 0 Å². The zero-order chi connectivity index (χ0) is 15.4. The third kappa shape index (κ3) is 3.64. The summed E-state index contributed by atoms with van der Waals surface area (Å²) in [5.41, 5.74) is 6.58. The largest absolute Gasteiger partial charge is 0.399 e. The first-order chi connectivity index (χ1) is 10.0. The normalized spacial score (nSPS) is 11.9. The highest BCUT2D eigenvalue weighted by Gasteiger charge is 2.19. The summed E-state index contributed by atoms with van der Waals surface area (Å²) in [5.74, 6) is -0.272. The standard InChI is InChI=1S/C15H16ClN3O2/c1-2-13(19-9-10(16)3-8-14(19)20)15(21)18-12-6-4-11(17)5-7-12/h3-9,13H,2,17H2,1H3,(H,18,21). The molecule has 1 heterocycles. The predicted octanol–water partition coefficient (Wildman–Crippen LogP) is 2.67. The summed E-state index contributed by atoms with van der Waals surface area (Å²) in [5, 5.41) is 3.18. The van der Waals surface area contributed by atoms with E-state index in [0.29, 0.717) is 22.8 Å². The van der Waals surface area contributed by atoms with Gasteiger partial charge < -0.3 is 15.6 Å². The van der Waals surface area contributed by atoms with E-state index in [0.717, 1.165) is 0 Å².